The van der Waals surface area contributed by atoms with Crippen LogP contribution in [0, 0.1) is 0 Å². The highest BCUT2D eigenvalue weighted by molar-refractivity contribution is 7.27. The van der Waals surface area contributed by atoms with E-state index in [1.54, 1.807) is 11.3 Å². The van der Waals surface area contributed by atoms with Crippen LogP contribution in [0.1, 0.15) is 23.7 Å². The zero-order chi connectivity index (χ0) is 12.5. The molecule has 0 amide bonds. The summed E-state index contributed by atoms with van der Waals surface area (Å²) in [7, 11) is 2.04. The molecule has 0 fully saturated rings. The van der Waals surface area contributed by atoms with Gasteiger partial charge in [0.25, 0.3) is 0 Å². The minimum absolute atomic E-state index is 0.194. The highest BCUT2D eigenvalue weighted by Crippen LogP contribution is 2.35. The van der Waals surface area contributed by atoms with Crippen molar-refractivity contribution in [3.63, 3.8) is 0 Å². The van der Waals surface area contributed by atoms with Crippen LogP contribution in [0.4, 0.5) is 0 Å². The Morgan fingerprint density at radius 1 is 1.44 bits per heavy atom. The summed E-state index contributed by atoms with van der Waals surface area (Å²) in [6.45, 7) is 3.06. The first-order valence-electron chi connectivity index (χ1n) is 5.97. The molecule has 3 aromatic rings. The Balaban J connectivity index is 2.04. The first kappa shape index (κ1) is 11.9. The number of fused-ring (bicyclic) bond motifs is 1. The fourth-order valence-electron chi connectivity index (χ4n) is 2.11. The smallest absolute Gasteiger partial charge is 0.131 e. The number of hydrogen-bond donors (Lipinski definition) is 1. The van der Waals surface area contributed by atoms with Crippen LogP contribution in [0.3, 0.4) is 0 Å². The number of nitrogens with zero attached hydrogens (tertiary/aromatic N) is 2. The Labute approximate surface area is 114 Å². The van der Waals surface area contributed by atoms with E-state index in [0.717, 1.165) is 12.4 Å². The molecule has 0 aliphatic carbocycles. The highest BCUT2D eigenvalue weighted by atomic mass is 32.1. The van der Waals surface area contributed by atoms with Crippen molar-refractivity contribution in [2.75, 3.05) is 6.54 Å². The van der Waals surface area contributed by atoms with Crippen LogP contribution in [0.2, 0.25) is 0 Å². The van der Waals surface area contributed by atoms with Gasteiger partial charge < -0.3 is 9.88 Å². The topological polar surface area (TPSA) is 29.9 Å². The third-order valence-corrected chi connectivity index (χ3v) is 5.13. The molecule has 0 radical (unpaired) electrons. The molecule has 0 saturated heterocycles. The number of hydrogen-bond acceptors (Lipinski definition) is 4. The SMILES string of the molecule is CCNC(c1cc2sccc2s1)c1nccn1C. The van der Waals surface area contributed by atoms with Crippen molar-refractivity contribution in [1.82, 2.24) is 14.9 Å². The Hall–Kier alpha value is -1.17. The van der Waals surface area contributed by atoms with E-state index in [9.17, 15) is 0 Å². The molecule has 3 aromatic heterocycles. The maximum absolute atomic E-state index is 4.48. The monoisotopic (exact) mass is 277 g/mol. The van der Waals surface area contributed by atoms with E-state index in [1.165, 1.54) is 14.3 Å². The minimum Gasteiger partial charge on any atom is -0.336 e. The van der Waals surface area contributed by atoms with Crippen LogP contribution in [0.15, 0.2) is 29.9 Å². The Morgan fingerprint density at radius 3 is 3.00 bits per heavy atom. The van der Waals surface area contributed by atoms with Crippen LogP contribution in [-0.4, -0.2) is 16.1 Å². The predicted molar refractivity (Wildman–Crippen MR) is 78.4 cm³/mol. The largest absolute Gasteiger partial charge is 0.336 e. The molecule has 0 aromatic carbocycles. The van der Waals surface area contributed by atoms with Crippen LogP contribution >= 0.6 is 22.7 Å². The van der Waals surface area contributed by atoms with Crippen molar-refractivity contribution in [2.24, 2.45) is 7.05 Å². The molecular formula is C13H15N3S2. The van der Waals surface area contributed by atoms with Crippen LogP contribution in [-0.2, 0) is 7.05 Å². The van der Waals surface area contributed by atoms with Gasteiger partial charge in [-0.3, -0.25) is 0 Å². The number of nitrogens with one attached hydrogen (secondary N) is 1. The van der Waals surface area contributed by atoms with Crippen molar-refractivity contribution < 1.29 is 0 Å². The lowest BCUT2D eigenvalue weighted by molar-refractivity contribution is 0.585. The maximum atomic E-state index is 4.48. The molecule has 1 atom stereocenters. The minimum atomic E-state index is 0.194. The van der Waals surface area contributed by atoms with Crippen molar-refractivity contribution in [3.05, 3.63) is 40.6 Å². The fraction of sp³-hybridized carbons (Fsp3) is 0.308. The Bertz CT molecular complexity index is 621. The summed E-state index contributed by atoms with van der Waals surface area (Å²) in [5.74, 6) is 1.07. The quantitative estimate of drug-likeness (QED) is 0.792. The van der Waals surface area contributed by atoms with E-state index in [-0.39, 0.29) is 6.04 Å². The van der Waals surface area contributed by atoms with Gasteiger partial charge in [0.15, 0.2) is 0 Å². The van der Waals surface area contributed by atoms with Gasteiger partial charge in [-0.1, -0.05) is 6.92 Å². The summed E-state index contributed by atoms with van der Waals surface area (Å²) in [5, 5.41) is 5.67. The Morgan fingerprint density at radius 2 is 2.33 bits per heavy atom. The molecule has 1 unspecified atom stereocenters. The van der Waals surface area contributed by atoms with E-state index in [4.69, 9.17) is 0 Å². The molecule has 3 nitrogen and oxygen atoms in total. The lowest BCUT2D eigenvalue weighted by atomic mass is 10.2. The van der Waals surface area contributed by atoms with Gasteiger partial charge in [0, 0.05) is 33.7 Å². The first-order chi connectivity index (χ1) is 8.79. The molecule has 5 heteroatoms. The van der Waals surface area contributed by atoms with E-state index in [2.05, 4.69) is 39.3 Å². The number of imidazole rings is 1. The molecule has 18 heavy (non-hydrogen) atoms. The maximum Gasteiger partial charge on any atom is 0.131 e. The van der Waals surface area contributed by atoms with Gasteiger partial charge in [-0.05, 0) is 24.1 Å². The third-order valence-electron chi connectivity index (χ3n) is 2.97. The Kier molecular flexibility index (Phi) is 3.20. The van der Waals surface area contributed by atoms with Gasteiger partial charge >= 0.3 is 0 Å². The van der Waals surface area contributed by atoms with E-state index in [0.29, 0.717) is 0 Å². The molecule has 3 heterocycles. The molecule has 0 spiro atoms. The number of thiophene rings is 2. The molecule has 0 aliphatic rings. The second kappa shape index (κ2) is 4.84. The predicted octanol–water partition coefficient (Wildman–Crippen LogP) is 3.40. The zero-order valence-corrected chi connectivity index (χ0v) is 12.0. The van der Waals surface area contributed by atoms with Crippen LogP contribution in [0.5, 0.6) is 0 Å². The summed E-state index contributed by atoms with van der Waals surface area (Å²) in [6, 6.07) is 4.67. The van der Waals surface area contributed by atoms with Crippen molar-refractivity contribution in [1.29, 1.82) is 0 Å². The van der Waals surface area contributed by atoms with Gasteiger partial charge in [-0.2, -0.15) is 0 Å². The fourth-order valence-corrected chi connectivity index (χ4v) is 4.30. The number of rotatable bonds is 4. The summed E-state index contributed by atoms with van der Waals surface area (Å²) >= 11 is 3.65. The number of aryl methyl sites for hydroxylation is 1. The molecule has 0 bridgehead atoms. The van der Waals surface area contributed by atoms with Crippen LogP contribution < -0.4 is 5.32 Å². The average Bonchev–Trinajstić information content (AvgIpc) is 3.00. The van der Waals surface area contributed by atoms with E-state index < -0.39 is 0 Å². The van der Waals surface area contributed by atoms with Gasteiger partial charge in [0.1, 0.15) is 11.9 Å². The molecule has 0 saturated carbocycles. The average molecular weight is 277 g/mol. The van der Waals surface area contributed by atoms with Gasteiger partial charge in [-0.15, -0.1) is 22.7 Å². The zero-order valence-electron chi connectivity index (χ0n) is 10.4. The first-order valence-corrected chi connectivity index (χ1v) is 7.66. The van der Waals surface area contributed by atoms with Gasteiger partial charge in [0.05, 0.1) is 0 Å². The second-order valence-corrected chi connectivity index (χ2v) is 6.25. The standard InChI is InChI=1S/C13H15N3S2/c1-3-14-12(13-15-5-6-16(13)2)11-8-10-9(18-11)4-7-17-10/h4-8,12,14H,3H2,1-2H3. The highest BCUT2D eigenvalue weighted by Gasteiger charge is 2.19. The summed E-state index contributed by atoms with van der Waals surface area (Å²) in [4.78, 5) is 5.82. The second-order valence-electron chi connectivity index (χ2n) is 4.18. The summed E-state index contributed by atoms with van der Waals surface area (Å²) in [5.41, 5.74) is 0. The molecular weight excluding hydrogens is 262 g/mol. The summed E-state index contributed by atoms with van der Waals surface area (Å²) in [6.07, 6.45) is 3.85. The number of aromatic nitrogens is 2. The molecule has 0 aliphatic heterocycles. The van der Waals surface area contributed by atoms with Crippen molar-refractivity contribution in [2.45, 2.75) is 13.0 Å². The van der Waals surface area contributed by atoms with Crippen molar-refractivity contribution >= 4 is 32.1 Å². The summed E-state index contributed by atoms with van der Waals surface area (Å²) < 4.78 is 4.82. The van der Waals surface area contributed by atoms with Crippen LogP contribution in [0.25, 0.3) is 9.40 Å². The molecule has 1 N–H and O–H groups in total. The lowest BCUT2D eigenvalue weighted by Gasteiger charge is -2.15. The molecule has 3 rings (SSSR count). The van der Waals surface area contributed by atoms with E-state index in [1.807, 2.05) is 30.8 Å². The van der Waals surface area contributed by atoms with Crippen molar-refractivity contribution in [3.8, 4) is 0 Å². The third kappa shape index (κ3) is 1.98. The normalized spacial score (nSPS) is 13.2. The van der Waals surface area contributed by atoms with Gasteiger partial charge in [-0.25, -0.2) is 4.98 Å². The van der Waals surface area contributed by atoms with Gasteiger partial charge in [0.2, 0.25) is 0 Å². The molecule has 94 valence electrons. The van der Waals surface area contributed by atoms with E-state index >= 15 is 0 Å². The lowest BCUT2D eigenvalue weighted by Crippen LogP contribution is -2.23.